The number of benzene rings is 1. The first-order valence-electron chi connectivity index (χ1n) is 7.35. The van der Waals surface area contributed by atoms with Gasteiger partial charge in [0, 0.05) is 0 Å². The van der Waals surface area contributed by atoms with Crippen molar-refractivity contribution in [2.45, 2.75) is 13.8 Å². The summed E-state index contributed by atoms with van der Waals surface area (Å²) >= 11 is 0. The summed E-state index contributed by atoms with van der Waals surface area (Å²) in [5.74, 6) is 0.790. The number of hydrogen-bond donors (Lipinski definition) is 0. The van der Waals surface area contributed by atoms with Crippen LogP contribution in [0.3, 0.4) is 0 Å². The summed E-state index contributed by atoms with van der Waals surface area (Å²) in [6.45, 7) is 4.16. The first-order valence-corrected chi connectivity index (χ1v) is 7.35. The van der Waals surface area contributed by atoms with E-state index in [4.69, 9.17) is 0 Å². The second-order valence-electron chi connectivity index (χ2n) is 5.18. The van der Waals surface area contributed by atoms with E-state index in [0.29, 0.717) is 0 Å². The third-order valence-electron chi connectivity index (χ3n) is 3.46. The Hall–Kier alpha value is -0.851. The molecule has 116 valence electrons. The summed E-state index contributed by atoms with van der Waals surface area (Å²) in [6, 6.07) is 6.18. The first-order chi connectivity index (χ1) is 10.7. The van der Waals surface area contributed by atoms with Crippen molar-refractivity contribution < 1.29 is 21.9 Å². The maximum atomic E-state index is 11.7. The molecule has 2 heteroatoms. The molecular formula is C21H20FeO+2. The van der Waals surface area contributed by atoms with Crippen molar-refractivity contribution in [2.75, 3.05) is 0 Å². The van der Waals surface area contributed by atoms with Crippen molar-refractivity contribution >= 4 is 11.9 Å². The Bertz CT molecular complexity index is 501. The van der Waals surface area contributed by atoms with Gasteiger partial charge in [-0.2, -0.15) is 0 Å². The summed E-state index contributed by atoms with van der Waals surface area (Å²) < 4.78 is 0. The minimum Gasteiger partial charge on any atom is -0.294 e. The number of rotatable bonds is 3. The quantitative estimate of drug-likeness (QED) is 0.590. The predicted octanol–water partition coefficient (Wildman–Crippen LogP) is 4.31. The standard InChI is InChI=1S/C16H15O.C5H5.Fe/c1-12-7-8-14(11-13(12)2)9-10-16(17)15-5-3-4-6-15;1-2-4-5-3-1;/h3-11H,1-2H3;1-5H;/q;;+2/b10-9+;;. The summed E-state index contributed by atoms with van der Waals surface area (Å²) in [5.41, 5.74) is 3.57. The van der Waals surface area contributed by atoms with Crippen LogP contribution in [0.25, 0.3) is 6.08 Å². The van der Waals surface area contributed by atoms with E-state index < -0.39 is 0 Å². The van der Waals surface area contributed by atoms with Crippen LogP contribution in [0.4, 0.5) is 0 Å². The van der Waals surface area contributed by atoms with Gasteiger partial charge in [-0.3, -0.25) is 4.79 Å². The number of carbonyl (C=O) groups excluding carboxylic acids is 1. The van der Waals surface area contributed by atoms with Crippen LogP contribution in [-0.2, 0) is 21.9 Å². The van der Waals surface area contributed by atoms with E-state index in [1.54, 1.807) is 6.08 Å². The average molecular weight is 344 g/mol. The van der Waals surface area contributed by atoms with Crippen molar-refractivity contribution in [3.8, 4) is 0 Å². The summed E-state index contributed by atoms with van der Waals surface area (Å²) in [4.78, 5) is 11.7. The van der Waals surface area contributed by atoms with Gasteiger partial charge in [0.2, 0.25) is 0 Å². The topological polar surface area (TPSA) is 17.1 Å². The number of ketones is 1. The van der Waals surface area contributed by atoms with Gasteiger partial charge in [0.1, 0.15) is 0 Å². The minimum atomic E-state index is 0. The largest absolute Gasteiger partial charge is 2.00 e. The molecule has 0 bridgehead atoms. The van der Waals surface area contributed by atoms with Gasteiger partial charge in [-0.05, 0) is 94.4 Å². The maximum absolute atomic E-state index is 11.7. The molecule has 10 radical (unpaired) electrons. The fraction of sp³-hybridized carbons (Fsp3) is 0.0952. The van der Waals surface area contributed by atoms with Gasteiger partial charge >= 0.3 is 17.1 Å². The van der Waals surface area contributed by atoms with Gasteiger partial charge in [0.15, 0.2) is 5.78 Å². The van der Waals surface area contributed by atoms with Crippen LogP contribution in [0, 0.1) is 77.6 Å². The number of hydrogen-bond acceptors (Lipinski definition) is 1. The Morgan fingerprint density at radius 3 is 1.91 bits per heavy atom. The molecule has 2 saturated carbocycles. The predicted molar refractivity (Wildman–Crippen MR) is 91.9 cm³/mol. The van der Waals surface area contributed by atoms with E-state index in [9.17, 15) is 4.79 Å². The Morgan fingerprint density at radius 1 is 0.826 bits per heavy atom. The van der Waals surface area contributed by atoms with Crippen molar-refractivity contribution in [3.05, 3.63) is 105 Å². The smallest absolute Gasteiger partial charge is 0.294 e. The SMILES string of the molecule is Cc1ccc(/C=C/C(=O)[C]2[CH][CH][CH][CH]2)cc1C.[CH]1[CH][CH][CH][CH]1.[Fe+2]. The summed E-state index contributed by atoms with van der Waals surface area (Å²) in [5, 5.41) is 0. The molecule has 3 rings (SSSR count). The Morgan fingerprint density at radius 2 is 1.39 bits per heavy atom. The fourth-order valence-corrected chi connectivity index (χ4v) is 2.00. The average Bonchev–Trinajstić information content (AvgIpc) is 3.23. The normalized spacial score (nSPS) is 17.7. The summed E-state index contributed by atoms with van der Waals surface area (Å²) in [7, 11) is 0. The maximum Gasteiger partial charge on any atom is 2.00 e. The molecule has 0 atom stereocenters. The Labute approximate surface area is 152 Å². The van der Waals surface area contributed by atoms with E-state index in [2.05, 4.69) is 26.0 Å². The molecule has 2 aliphatic carbocycles. The van der Waals surface area contributed by atoms with E-state index in [0.717, 1.165) is 11.5 Å². The number of allylic oxidation sites excluding steroid dienone is 1. The molecule has 0 saturated heterocycles. The summed E-state index contributed by atoms with van der Waals surface area (Å²) in [6.07, 6.45) is 20.9. The molecule has 2 fully saturated rings. The van der Waals surface area contributed by atoms with Gasteiger partial charge in [-0.25, -0.2) is 0 Å². The van der Waals surface area contributed by atoms with Gasteiger partial charge < -0.3 is 0 Å². The molecule has 23 heavy (non-hydrogen) atoms. The van der Waals surface area contributed by atoms with Crippen LogP contribution in [-0.4, -0.2) is 5.78 Å². The molecular weight excluding hydrogens is 324 g/mol. The third kappa shape index (κ3) is 7.06. The second kappa shape index (κ2) is 10.8. The first kappa shape index (κ1) is 20.2. The molecule has 1 nitrogen and oxygen atoms in total. The van der Waals surface area contributed by atoms with E-state index in [-0.39, 0.29) is 22.9 Å². The second-order valence-corrected chi connectivity index (χ2v) is 5.18. The van der Waals surface area contributed by atoms with Crippen LogP contribution in [0.5, 0.6) is 0 Å². The molecule has 2 aliphatic rings. The van der Waals surface area contributed by atoms with Gasteiger partial charge in [-0.1, -0.05) is 24.3 Å². The van der Waals surface area contributed by atoms with Gasteiger partial charge in [-0.15, -0.1) is 0 Å². The van der Waals surface area contributed by atoms with Crippen LogP contribution in [0.2, 0.25) is 0 Å². The van der Waals surface area contributed by atoms with Crippen LogP contribution >= 0.6 is 0 Å². The van der Waals surface area contributed by atoms with Crippen LogP contribution < -0.4 is 0 Å². The molecule has 0 aromatic heterocycles. The Kier molecular flexibility index (Phi) is 9.51. The van der Waals surface area contributed by atoms with Crippen LogP contribution in [0.15, 0.2) is 24.3 Å². The van der Waals surface area contributed by atoms with E-state index in [1.165, 1.54) is 11.1 Å². The zero-order chi connectivity index (χ0) is 15.8. The minimum absolute atomic E-state index is 0. The fourth-order valence-electron chi connectivity index (χ4n) is 2.00. The van der Waals surface area contributed by atoms with E-state index >= 15 is 0 Å². The van der Waals surface area contributed by atoms with Crippen molar-refractivity contribution in [3.63, 3.8) is 0 Å². The zero-order valence-corrected chi connectivity index (χ0v) is 14.4. The van der Waals surface area contributed by atoms with Crippen molar-refractivity contribution in [1.82, 2.24) is 0 Å². The van der Waals surface area contributed by atoms with Gasteiger partial charge in [0.25, 0.3) is 0 Å². The molecule has 0 heterocycles. The van der Waals surface area contributed by atoms with Crippen molar-refractivity contribution in [1.29, 1.82) is 0 Å². The number of aryl methyl sites for hydroxylation is 2. The molecule has 0 unspecified atom stereocenters. The molecule has 0 amide bonds. The Balaban J connectivity index is 0.000000377. The zero-order valence-electron chi connectivity index (χ0n) is 13.3. The monoisotopic (exact) mass is 344 g/mol. The van der Waals surface area contributed by atoms with Gasteiger partial charge in [0.05, 0.1) is 5.92 Å². The molecule has 1 aromatic carbocycles. The molecule has 1 aromatic rings. The number of carbonyl (C=O) groups is 1. The van der Waals surface area contributed by atoms with E-state index in [1.807, 2.05) is 69.9 Å². The molecule has 0 N–H and O–H groups in total. The third-order valence-corrected chi connectivity index (χ3v) is 3.46. The van der Waals surface area contributed by atoms with Crippen molar-refractivity contribution in [2.24, 2.45) is 0 Å². The molecule has 0 aliphatic heterocycles. The molecule has 0 spiro atoms. The van der Waals surface area contributed by atoms with Crippen LogP contribution in [0.1, 0.15) is 16.7 Å².